The van der Waals surface area contributed by atoms with Crippen LogP contribution in [-0.2, 0) is 11.3 Å². The Labute approximate surface area is 88.9 Å². The summed E-state index contributed by atoms with van der Waals surface area (Å²) in [5.41, 5.74) is 5.44. The third-order valence-corrected chi connectivity index (χ3v) is 2.11. The van der Waals surface area contributed by atoms with Gasteiger partial charge in [0.25, 0.3) is 5.56 Å². The van der Waals surface area contributed by atoms with Gasteiger partial charge in [-0.05, 0) is 19.4 Å². The number of nitrogens with zero attached hydrogens (tertiary/aromatic N) is 2. The third-order valence-electron chi connectivity index (χ3n) is 2.11. The van der Waals surface area contributed by atoms with Crippen LogP contribution >= 0.6 is 0 Å². The van der Waals surface area contributed by atoms with Crippen molar-refractivity contribution in [3.05, 3.63) is 28.7 Å². The summed E-state index contributed by atoms with van der Waals surface area (Å²) in [6, 6.07) is 3.12. The third kappa shape index (κ3) is 3.81. The molecule has 84 valence electrons. The molecule has 0 aliphatic rings. The maximum absolute atomic E-state index is 11.3. The van der Waals surface area contributed by atoms with Crippen molar-refractivity contribution < 1.29 is 4.74 Å². The second-order valence-corrected chi connectivity index (χ2v) is 3.19. The number of aromatic nitrogens is 2. The van der Waals surface area contributed by atoms with E-state index in [4.69, 9.17) is 10.5 Å². The molecule has 0 saturated carbocycles. The highest BCUT2D eigenvalue weighted by atomic mass is 16.5. The van der Waals surface area contributed by atoms with Gasteiger partial charge in [-0.25, -0.2) is 4.68 Å². The molecule has 0 amide bonds. The molecule has 15 heavy (non-hydrogen) atoms. The zero-order chi connectivity index (χ0) is 11.1. The SMILES string of the molecule is CCOC(CN)CCn1ncccc1=O. The normalized spacial score (nSPS) is 12.7. The van der Waals surface area contributed by atoms with Gasteiger partial charge in [-0.3, -0.25) is 4.79 Å². The fourth-order valence-corrected chi connectivity index (χ4v) is 1.33. The van der Waals surface area contributed by atoms with Gasteiger partial charge in [-0.1, -0.05) is 0 Å². The van der Waals surface area contributed by atoms with Crippen LogP contribution in [0.5, 0.6) is 0 Å². The molecule has 1 rings (SSSR count). The summed E-state index contributed by atoms with van der Waals surface area (Å²) in [6.07, 6.45) is 2.31. The zero-order valence-corrected chi connectivity index (χ0v) is 8.93. The van der Waals surface area contributed by atoms with Crippen molar-refractivity contribution in [2.24, 2.45) is 5.73 Å². The van der Waals surface area contributed by atoms with E-state index in [9.17, 15) is 4.79 Å². The van der Waals surface area contributed by atoms with E-state index >= 15 is 0 Å². The number of hydrogen-bond acceptors (Lipinski definition) is 4. The highest BCUT2D eigenvalue weighted by molar-refractivity contribution is 4.84. The summed E-state index contributed by atoms with van der Waals surface area (Å²) < 4.78 is 6.80. The number of nitrogens with two attached hydrogens (primary N) is 1. The van der Waals surface area contributed by atoms with Crippen molar-refractivity contribution in [2.45, 2.75) is 26.0 Å². The average Bonchev–Trinajstić information content (AvgIpc) is 2.26. The lowest BCUT2D eigenvalue weighted by atomic mass is 10.2. The Morgan fingerprint density at radius 1 is 1.67 bits per heavy atom. The fraction of sp³-hybridized carbons (Fsp3) is 0.600. The van der Waals surface area contributed by atoms with E-state index < -0.39 is 0 Å². The van der Waals surface area contributed by atoms with Crippen molar-refractivity contribution in [2.75, 3.05) is 13.2 Å². The topological polar surface area (TPSA) is 70.1 Å². The Balaban J connectivity index is 2.49. The predicted molar refractivity (Wildman–Crippen MR) is 57.6 cm³/mol. The second kappa shape index (κ2) is 6.31. The average molecular weight is 211 g/mol. The van der Waals surface area contributed by atoms with Gasteiger partial charge in [0, 0.05) is 32.0 Å². The highest BCUT2D eigenvalue weighted by Crippen LogP contribution is 1.97. The molecule has 5 heteroatoms. The molecule has 5 nitrogen and oxygen atoms in total. The highest BCUT2D eigenvalue weighted by Gasteiger charge is 2.06. The van der Waals surface area contributed by atoms with Gasteiger partial charge in [0.15, 0.2) is 0 Å². The lowest BCUT2D eigenvalue weighted by molar-refractivity contribution is 0.0589. The fourth-order valence-electron chi connectivity index (χ4n) is 1.33. The monoisotopic (exact) mass is 211 g/mol. The summed E-state index contributed by atoms with van der Waals surface area (Å²) in [6.45, 7) is 3.57. The summed E-state index contributed by atoms with van der Waals surface area (Å²) in [7, 11) is 0. The Kier molecular flexibility index (Phi) is 5.00. The van der Waals surface area contributed by atoms with E-state index in [1.165, 1.54) is 10.7 Å². The zero-order valence-electron chi connectivity index (χ0n) is 8.93. The van der Waals surface area contributed by atoms with Gasteiger partial charge < -0.3 is 10.5 Å². The molecular weight excluding hydrogens is 194 g/mol. The predicted octanol–water partition coefficient (Wildman–Crippen LogP) is -0.00280. The van der Waals surface area contributed by atoms with Crippen LogP contribution in [0, 0.1) is 0 Å². The van der Waals surface area contributed by atoms with E-state index in [0.717, 1.165) is 0 Å². The summed E-state index contributed by atoms with van der Waals surface area (Å²) >= 11 is 0. The molecule has 1 aromatic heterocycles. The molecule has 0 aliphatic carbocycles. The van der Waals surface area contributed by atoms with Crippen molar-refractivity contribution in [3.8, 4) is 0 Å². The van der Waals surface area contributed by atoms with Crippen molar-refractivity contribution >= 4 is 0 Å². The van der Waals surface area contributed by atoms with Gasteiger partial charge in [0.2, 0.25) is 0 Å². The molecule has 0 bridgehead atoms. The minimum atomic E-state index is -0.0928. The first-order valence-corrected chi connectivity index (χ1v) is 5.11. The van der Waals surface area contributed by atoms with E-state index in [2.05, 4.69) is 5.10 Å². The van der Waals surface area contributed by atoms with E-state index in [1.54, 1.807) is 12.3 Å². The first-order chi connectivity index (χ1) is 7.27. The van der Waals surface area contributed by atoms with Crippen molar-refractivity contribution in [3.63, 3.8) is 0 Å². The number of ether oxygens (including phenoxy) is 1. The molecule has 2 N–H and O–H groups in total. The van der Waals surface area contributed by atoms with Gasteiger partial charge in [-0.15, -0.1) is 0 Å². The Morgan fingerprint density at radius 3 is 3.07 bits per heavy atom. The second-order valence-electron chi connectivity index (χ2n) is 3.19. The molecule has 0 aromatic carbocycles. The Hall–Kier alpha value is -1.20. The standard InChI is InChI=1S/C10H17N3O2/c1-2-15-9(8-11)5-7-13-10(14)4-3-6-12-13/h3-4,6,9H,2,5,7-8,11H2,1H3. The molecular formula is C10H17N3O2. The first kappa shape index (κ1) is 11.9. The van der Waals surface area contributed by atoms with Crippen LogP contribution in [0.15, 0.2) is 23.1 Å². The molecule has 1 atom stereocenters. The van der Waals surface area contributed by atoms with Crippen LogP contribution in [0.2, 0.25) is 0 Å². The smallest absolute Gasteiger partial charge is 0.266 e. The van der Waals surface area contributed by atoms with E-state index in [1.807, 2.05) is 6.92 Å². The van der Waals surface area contributed by atoms with Crippen LogP contribution in [0.4, 0.5) is 0 Å². The first-order valence-electron chi connectivity index (χ1n) is 5.11. The molecule has 1 heterocycles. The quantitative estimate of drug-likeness (QED) is 0.719. The largest absolute Gasteiger partial charge is 0.377 e. The van der Waals surface area contributed by atoms with Crippen LogP contribution < -0.4 is 11.3 Å². The summed E-state index contributed by atoms with van der Waals surface area (Å²) in [4.78, 5) is 11.3. The van der Waals surface area contributed by atoms with E-state index in [-0.39, 0.29) is 11.7 Å². The summed E-state index contributed by atoms with van der Waals surface area (Å²) in [5, 5.41) is 3.95. The minimum absolute atomic E-state index is 0.00362. The van der Waals surface area contributed by atoms with Gasteiger partial charge >= 0.3 is 0 Å². The van der Waals surface area contributed by atoms with Crippen LogP contribution in [0.1, 0.15) is 13.3 Å². The molecule has 0 spiro atoms. The van der Waals surface area contributed by atoms with Gasteiger partial charge in [0.05, 0.1) is 6.10 Å². The molecule has 1 aromatic rings. The van der Waals surface area contributed by atoms with Crippen LogP contribution in [-0.4, -0.2) is 29.0 Å². The van der Waals surface area contributed by atoms with Crippen molar-refractivity contribution in [1.82, 2.24) is 9.78 Å². The Morgan fingerprint density at radius 2 is 2.47 bits per heavy atom. The number of hydrogen-bond donors (Lipinski definition) is 1. The lowest BCUT2D eigenvalue weighted by Gasteiger charge is -2.14. The summed E-state index contributed by atoms with van der Waals surface area (Å²) in [5.74, 6) is 0. The van der Waals surface area contributed by atoms with Crippen LogP contribution in [0.25, 0.3) is 0 Å². The van der Waals surface area contributed by atoms with Crippen molar-refractivity contribution in [1.29, 1.82) is 0 Å². The van der Waals surface area contributed by atoms with Gasteiger partial charge in [0.1, 0.15) is 0 Å². The number of aryl methyl sites for hydroxylation is 1. The van der Waals surface area contributed by atoms with Crippen LogP contribution in [0.3, 0.4) is 0 Å². The minimum Gasteiger partial charge on any atom is -0.377 e. The maximum Gasteiger partial charge on any atom is 0.266 e. The maximum atomic E-state index is 11.3. The van der Waals surface area contributed by atoms with Gasteiger partial charge in [-0.2, -0.15) is 5.10 Å². The molecule has 0 aliphatic heterocycles. The Bertz CT molecular complexity index is 337. The molecule has 1 unspecified atom stereocenters. The molecule has 0 saturated heterocycles. The molecule has 0 fully saturated rings. The van der Waals surface area contributed by atoms with E-state index in [0.29, 0.717) is 26.1 Å². The number of rotatable bonds is 6. The lowest BCUT2D eigenvalue weighted by Crippen LogP contribution is -2.28. The molecule has 0 radical (unpaired) electrons.